The summed E-state index contributed by atoms with van der Waals surface area (Å²) in [6.45, 7) is 2.23. The summed E-state index contributed by atoms with van der Waals surface area (Å²) in [5.41, 5.74) is 4.91. The highest BCUT2D eigenvalue weighted by molar-refractivity contribution is 5.75. The molecule has 3 aliphatic carbocycles. The molecular weight excluding hydrogens is 320 g/mol. The zero-order chi connectivity index (χ0) is 18.4. The Morgan fingerprint density at radius 1 is 1.27 bits per heavy atom. The van der Waals surface area contributed by atoms with Crippen molar-refractivity contribution >= 4 is 5.57 Å². The van der Waals surface area contributed by atoms with E-state index in [9.17, 15) is 5.11 Å². The lowest BCUT2D eigenvalue weighted by molar-refractivity contribution is -0.0416. The fourth-order valence-corrected chi connectivity index (χ4v) is 6.09. The first kappa shape index (κ1) is 17.7. The van der Waals surface area contributed by atoms with E-state index in [2.05, 4.69) is 31.0 Å². The van der Waals surface area contributed by atoms with Crippen molar-refractivity contribution in [3.8, 4) is 18.1 Å². The normalized spacial score (nSPS) is 32.5. The van der Waals surface area contributed by atoms with Gasteiger partial charge in [0.1, 0.15) is 11.4 Å². The van der Waals surface area contributed by atoms with Crippen molar-refractivity contribution in [2.45, 2.75) is 70.3 Å². The van der Waals surface area contributed by atoms with E-state index in [0.29, 0.717) is 5.92 Å². The summed E-state index contributed by atoms with van der Waals surface area (Å²) in [5, 5.41) is 11.4. The average Bonchev–Trinajstić information content (AvgIpc) is 2.99. The zero-order valence-corrected chi connectivity index (χ0v) is 16.1. The number of fused-ring (bicyclic) bond motifs is 4. The van der Waals surface area contributed by atoms with Gasteiger partial charge < -0.3 is 9.84 Å². The molecule has 1 N–H and O–H groups in total. The van der Waals surface area contributed by atoms with Crippen LogP contribution in [-0.2, 0) is 6.42 Å². The predicted molar refractivity (Wildman–Crippen MR) is 106 cm³/mol. The molecule has 0 heterocycles. The van der Waals surface area contributed by atoms with Crippen molar-refractivity contribution in [1.82, 2.24) is 0 Å². The summed E-state index contributed by atoms with van der Waals surface area (Å²) in [4.78, 5) is 0. The topological polar surface area (TPSA) is 29.5 Å². The van der Waals surface area contributed by atoms with Crippen molar-refractivity contribution in [3.63, 3.8) is 0 Å². The van der Waals surface area contributed by atoms with Gasteiger partial charge in [-0.05, 0) is 79.7 Å². The third-order valence-corrected chi connectivity index (χ3v) is 7.43. The monoisotopic (exact) mass is 350 g/mol. The molecule has 0 spiro atoms. The molecule has 1 saturated carbocycles. The van der Waals surface area contributed by atoms with Gasteiger partial charge in [0, 0.05) is 5.41 Å². The third kappa shape index (κ3) is 2.37. The smallest absolute Gasteiger partial charge is 0.131 e. The number of rotatable bonds is 4. The number of ether oxygens (including phenoxy) is 1. The molecule has 3 atom stereocenters. The molecule has 0 unspecified atom stereocenters. The number of aryl methyl sites for hydroxylation is 1. The van der Waals surface area contributed by atoms with Crippen LogP contribution in [0.4, 0.5) is 0 Å². The van der Waals surface area contributed by atoms with Gasteiger partial charge in [-0.2, -0.15) is 0 Å². The predicted octanol–water partition coefficient (Wildman–Crippen LogP) is 5.14. The molecule has 138 valence electrons. The summed E-state index contributed by atoms with van der Waals surface area (Å²) >= 11 is 0. The van der Waals surface area contributed by atoms with Crippen LogP contribution in [0, 0.1) is 23.7 Å². The van der Waals surface area contributed by atoms with Gasteiger partial charge in [-0.3, -0.25) is 0 Å². The van der Waals surface area contributed by atoms with Crippen LogP contribution in [0.2, 0.25) is 0 Å². The minimum absolute atomic E-state index is 0.111. The quantitative estimate of drug-likeness (QED) is 0.762. The van der Waals surface area contributed by atoms with Crippen molar-refractivity contribution < 1.29 is 9.84 Å². The molecule has 1 aromatic rings. The Morgan fingerprint density at radius 3 is 2.85 bits per heavy atom. The molecule has 1 fully saturated rings. The molecule has 0 radical (unpaired) electrons. The van der Waals surface area contributed by atoms with Gasteiger partial charge in [0.25, 0.3) is 0 Å². The lowest BCUT2D eigenvalue weighted by Gasteiger charge is -2.49. The third-order valence-electron chi connectivity index (χ3n) is 7.43. The van der Waals surface area contributed by atoms with Crippen molar-refractivity contribution in [2.75, 3.05) is 7.11 Å². The molecule has 4 rings (SSSR count). The molecular formula is C24H30O2. The van der Waals surface area contributed by atoms with Gasteiger partial charge >= 0.3 is 0 Å². The van der Waals surface area contributed by atoms with Crippen molar-refractivity contribution in [1.29, 1.82) is 0 Å². The van der Waals surface area contributed by atoms with Crippen LogP contribution in [0.3, 0.4) is 0 Å². The molecule has 3 aliphatic rings. The highest BCUT2D eigenvalue weighted by atomic mass is 16.5. The Kier molecular flexibility index (Phi) is 4.40. The number of hydrogen-bond acceptors (Lipinski definition) is 2. The van der Waals surface area contributed by atoms with E-state index < -0.39 is 5.60 Å². The maximum absolute atomic E-state index is 11.4. The first-order valence-corrected chi connectivity index (χ1v) is 10.2. The molecule has 0 aromatic heterocycles. The summed E-state index contributed by atoms with van der Waals surface area (Å²) in [5.74, 6) is 4.24. The molecule has 0 bridgehead atoms. The van der Waals surface area contributed by atoms with Crippen LogP contribution in [0.25, 0.3) is 5.57 Å². The van der Waals surface area contributed by atoms with E-state index in [1.54, 1.807) is 12.7 Å². The van der Waals surface area contributed by atoms with Crippen LogP contribution in [0.5, 0.6) is 5.75 Å². The molecule has 0 amide bonds. The van der Waals surface area contributed by atoms with Crippen molar-refractivity contribution in [3.05, 3.63) is 34.9 Å². The first-order valence-electron chi connectivity index (χ1n) is 10.2. The van der Waals surface area contributed by atoms with Crippen LogP contribution in [-0.4, -0.2) is 17.8 Å². The van der Waals surface area contributed by atoms with Gasteiger partial charge in [0.05, 0.1) is 7.11 Å². The van der Waals surface area contributed by atoms with E-state index in [1.165, 1.54) is 16.7 Å². The second-order valence-corrected chi connectivity index (χ2v) is 8.38. The largest absolute Gasteiger partial charge is 0.497 e. The Hall–Kier alpha value is -1.72. The summed E-state index contributed by atoms with van der Waals surface area (Å²) in [7, 11) is 1.73. The van der Waals surface area contributed by atoms with Gasteiger partial charge in [-0.1, -0.05) is 37.3 Å². The lowest BCUT2D eigenvalue weighted by atomic mass is 9.56. The highest BCUT2D eigenvalue weighted by Gasteiger charge is 2.60. The Bertz CT molecular complexity index is 784. The van der Waals surface area contributed by atoms with E-state index in [-0.39, 0.29) is 5.41 Å². The second kappa shape index (κ2) is 6.46. The van der Waals surface area contributed by atoms with E-state index >= 15 is 0 Å². The zero-order valence-electron chi connectivity index (χ0n) is 16.1. The van der Waals surface area contributed by atoms with Gasteiger partial charge in [-0.15, -0.1) is 6.42 Å². The van der Waals surface area contributed by atoms with E-state index in [0.717, 1.165) is 63.5 Å². The number of allylic oxidation sites excluding steroid dienone is 2. The van der Waals surface area contributed by atoms with E-state index in [4.69, 9.17) is 11.2 Å². The van der Waals surface area contributed by atoms with Crippen LogP contribution < -0.4 is 4.74 Å². The number of hydrogen-bond donors (Lipinski definition) is 1. The lowest BCUT2D eigenvalue weighted by Crippen LogP contribution is -2.48. The molecule has 26 heavy (non-hydrogen) atoms. The maximum Gasteiger partial charge on any atom is 0.131 e. The van der Waals surface area contributed by atoms with Crippen LogP contribution in [0.1, 0.15) is 69.4 Å². The summed E-state index contributed by atoms with van der Waals surface area (Å²) in [6, 6.07) is 6.52. The number of unbranched alkanes of at least 4 members (excludes halogenated alkanes) is 1. The van der Waals surface area contributed by atoms with Crippen LogP contribution >= 0.6 is 0 Å². The Balaban J connectivity index is 1.78. The molecule has 1 aromatic carbocycles. The SMILES string of the molecule is C#C[C@]1(O)CC[C@H]2C3=C(CC[C@@]21CCCC)c1ccc(OC)cc1CC3. The molecule has 2 nitrogen and oxygen atoms in total. The fourth-order valence-electron chi connectivity index (χ4n) is 6.09. The van der Waals surface area contributed by atoms with Crippen molar-refractivity contribution in [2.24, 2.45) is 11.3 Å². The number of methoxy groups -OCH3 is 1. The minimum atomic E-state index is -0.925. The molecule has 0 saturated heterocycles. The maximum atomic E-state index is 11.4. The van der Waals surface area contributed by atoms with Gasteiger partial charge in [0.2, 0.25) is 0 Å². The standard InChI is InChI=1S/C24H30O2/c1-4-6-13-23-14-11-20-19-10-8-18(26-3)16-17(19)7-9-21(20)22(23)12-15-24(23,25)5-2/h2,8,10,16,22,25H,4,6-7,9,11-15H2,1,3H3/t22-,23-,24-/m0/s1. The number of benzene rings is 1. The summed E-state index contributed by atoms with van der Waals surface area (Å²) < 4.78 is 5.42. The highest BCUT2D eigenvalue weighted by Crippen LogP contribution is 2.64. The van der Waals surface area contributed by atoms with E-state index in [1.807, 2.05) is 0 Å². The number of aliphatic hydroxyl groups is 1. The van der Waals surface area contributed by atoms with Gasteiger partial charge in [0.15, 0.2) is 0 Å². The fraction of sp³-hybridized carbons (Fsp3) is 0.583. The molecule has 2 heteroatoms. The molecule has 0 aliphatic heterocycles. The van der Waals surface area contributed by atoms with Crippen LogP contribution in [0.15, 0.2) is 23.8 Å². The average molecular weight is 351 g/mol. The Labute approximate surface area is 157 Å². The Morgan fingerprint density at radius 2 is 2.12 bits per heavy atom. The first-order chi connectivity index (χ1) is 12.6. The van der Waals surface area contributed by atoms with Gasteiger partial charge in [-0.25, -0.2) is 0 Å². The summed E-state index contributed by atoms with van der Waals surface area (Å²) in [6.07, 6.45) is 15.3. The number of terminal acetylenes is 1. The minimum Gasteiger partial charge on any atom is -0.497 e. The second-order valence-electron chi connectivity index (χ2n) is 8.38.